The maximum atomic E-state index is 11.6. The number of rotatable bonds is 2. The third kappa shape index (κ3) is 2.39. The summed E-state index contributed by atoms with van der Waals surface area (Å²) < 4.78 is 0. The number of carbonyl (C=O) groups excluding carboxylic acids is 1. The maximum absolute atomic E-state index is 11.6. The molecule has 1 saturated carbocycles. The molecule has 0 spiro atoms. The zero-order valence-electron chi connectivity index (χ0n) is 8.84. The van der Waals surface area contributed by atoms with Crippen LogP contribution >= 0.6 is 0 Å². The monoisotopic (exact) mass is 181 g/mol. The third-order valence-electron chi connectivity index (χ3n) is 2.78. The summed E-state index contributed by atoms with van der Waals surface area (Å²) in [5.41, 5.74) is 1.13. The standard InChI is InChI=1S/C11H19NO/c1-4-7-12-10-6-5-8(2)11(13)9(10)3/h8-9H,4-7H2,1-3H3. The van der Waals surface area contributed by atoms with Crippen LogP contribution < -0.4 is 0 Å². The van der Waals surface area contributed by atoms with Crippen LogP contribution in [0.3, 0.4) is 0 Å². The first-order chi connectivity index (χ1) is 6.16. The lowest BCUT2D eigenvalue weighted by molar-refractivity contribution is -0.124. The Hall–Kier alpha value is -0.660. The number of Topliss-reactive ketones (excluding diaryl/α,β-unsaturated/α-hetero) is 1. The van der Waals surface area contributed by atoms with E-state index >= 15 is 0 Å². The van der Waals surface area contributed by atoms with E-state index in [2.05, 4.69) is 11.9 Å². The Morgan fingerprint density at radius 3 is 2.77 bits per heavy atom. The number of carbonyl (C=O) groups is 1. The molecule has 0 aromatic rings. The van der Waals surface area contributed by atoms with Crippen molar-refractivity contribution in [3.05, 3.63) is 0 Å². The smallest absolute Gasteiger partial charge is 0.144 e. The fraction of sp³-hybridized carbons (Fsp3) is 0.818. The van der Waals surface area contributed by atoms with Crippen LogP contribution in [-0.4, -0.2) is 18.0 Å². The molecule has 74 valence electrons. The molecule has 13 heavy (non-hydrogen) atoms. The third-order valence-corrected chi connectivity index (χ3v) is 2.78. The largest absolute Gasteiger partial charge is 0.299 e. The van der Waals surface area contributed by atoms with Gasteiger partial charge in [0.25, 0.3) is 0 Å². The van der Waals surface area contributed by atoms with Gasteiger partial charge in [-0.2, -0.15) is 0 Å². The Morgan fingerprint density at radius 2 is 2.15 bits per heavy atom. The highest BCUT2D eigenvalue weighted by atomic mass is 16.1. The van der Waals surface area contributed by atoms with Gasteiger partial charge in [-0.05, 0) is 19.3 Å². The summed E-state index contributed by atoms with van der Waals surface area (Å²) in [5.74, 6) is 0.701. The van der Waals surface area contributed by atoms with Crippen LogP contribution in [0.1, 0.15) is 40.0 Å². The quantitative estimate of drug-likeness (QED) is 0.643. The second-order valence-electron chi connectivity index (χ2n) is 3.94. The van der Waals surface area contributed by atoms with Crippen molar-refractivity contribution in [2.24, 2.45) is 16.8 Å². The van der Waals surface area contributed by atoms with Gasteiger partial charge in [0.1, 0.15) is 5.78 Å². The van der Waals surface area contributed by atoms with E-state index in [0.29, 0.717) is 5.78 Å². The highest BCUT2D eigenvalue weighted by Gasteiger charge is 2.29. The molecule has 0 aliphatic heterocycles. The number of aliphatic imine (C=N–C) groups is 1. The van der Waals surface area contributed by atoms with Crippen molar-refractivity contribution in [1.82, 2.24) is 0 Å². The normalized spacial score (nSPS) is 32.5. The molecule has 1 aliphatic carbocycles. The average Bonchev–Trinajstić information content (AvgIpc) is 2.13. The number of nitrogens with zero attached hydrogens (tertiary/aromatic N) is 1. The summed E-state index contributed by atoms with van der Waals surface area (Å²) in [6, 6.07) is 0. The van der Waals surface area contributed by atoms with Crippen LogP contribution in [-0.2, 0) is 4.79 Å². The lowest BCUT2D eigenvalue weighted by Gasteiger charge is -2.24. The first-order valence-electron chi connectivity index (χ1n) is 5.23. The number of hydrogen-bond donors (Lipinski definition) is 0. The molecular weight excluding hydrogens is 162 g/mol. The van der Waals surface area contributed by atoms with E-state index in [0.717, 1.165) is 31.5 Å². The average molecular weight is 181 g/mol. The van der Waals surface area contributed by atoms with Crippen LogP contribution in [0.4, 0.5) is 0 Å². The SMILES string of the molecule is CCCN=C1CCC(C)C(=O)C1C. The summed E-state index contributed by atoms with van der Waals surface area (Å²) in [6.07, 6.45) is 3.08. The molecule has 0 aromatic carbocycles. The van der Waals surface area contributed by atoms with Gasteiger partial charge >= 0.3 is 0 Å². The molecule has 2 heteroatoms. The minimum absolute atomic E-state index is 0.0790. The summed E-state index contributed by atoms with van der Waals surface area (Å²) in [5, 5.41) is 0. The molecule has 1 aliphatic rings. The highest BCUT2D eigenvalue weighted by Crippen LogP contribution is 2.23. The topological polar surface area (TPSA) is 29.4 Å². The zero-order valence-corrected chi connectivity index (χ0v) is 8.84. The molecule has 2 unspecified atom stereocenters. The van der Waals surface area contributed by atoms with Crippen molar-refractivity contribution in [3.8, 4) is 0 Å². The molecular formula is C11H19NO. The van der Waals surface area contributed by atoms with Gasteiger partial charge in [-0.3, -0.25) is 9.79 Å². The van der Waals surface area contributed by atoms with Crippen LogP contribution in [0.15, 0.2) is 4.99 Å². The minimum atomic E-state index is 0.0790. The predicted molar refractivity (Wildman–Crippen MR) is 55.2 cm³/mol. The first-order valence-corrected chi connectivity index (χ1v) is 5.23. The summed E-state index contributed by atoms with van der Waals surface area (Å²) >= 11 is 0. The first kappa shape index (κ1) is 10.4. The van der Waals surface area contributed by atoms with Crippen LogP contribution in [0.5, 0.6) is 0 Å². The van der Waals surface area contributed by atoms with Gasteiger partial charge < -0.3 is 0 Å². The molecule has 2 atom stereocenters. The Kier molecular flexibility index (Phi) is 3.64. The van der Waals surface area contributed by atoms with Crippen molar-refractivity contribution in [2.75, 3.05) is 6.54 Å². The van der Waals surface area contributed by atoms with E-state index in [1.54, 1.807) is 0 Å². The highest BCUT2D eigenvalue weighted by molar-refractivity contribution is 6.07. The molecule has 0 aromatic heterocycles. The summed E-state index contributed by atoms with van der Waals surface area (Å²) in [6.45, 7) is 7.01. The van der Waals surface area contributed by atoms with Crippen molar-refractivity contribution in [1.29, 1.82) is 0 Å². The van der Waals surface area contributed by atoms with Gasteiger partial charge in [-0.15, -0.1) is 0 Å². The van der Waals surface area contributed by atoms with Crippen molar-refractivity contribution in [3.63, 3.8) is 0 Å². The summed E-state index contributed by atoms with van der Waals surface area (Å²) in [4.78, 5) is 16.1. The summed E-state index contributed by atoms with van der Waals surface area (Å²) in [7, 11) is 0. The van der Waals surface area contributed by atoms with Gasteiger partial charge in [0.15, 0.2) is 0 Å². The Balaban J connectivity index is 2.64. The van der Waals surface area contributed by atoms with Gasteiger partial charge in [-0.1, -0.05) is 20.8 Å². The lowest BCUT2D eigenvalue weighted by atomic mass is 9.80. The molecule has 1 fully saturated rings. The van der Waals surface area contributed by atoms with Gasteiger partial charge in [-0.25, -0.2) is 0 Å². The minimum Gasteiger partial charge on any atom is -0.299 e. The van der Waals surface area contributed by atoms with Crippen LogP contribution in [0.2, 0.25) is 0 Å². The molecule has 0 amide bonds. The molecule has 1 rings (SSSR count). The molecule has 0 bridgehead atoms. The fourth-order valence-corrected chi connectivity index (χ4v) is 1.79. The molecule has 0 heterocycles. The van der Waals surface area contributed by atoms with E-state index < -0.39 is 0 Å². The maximum Gasteiger partial charge on any atom is 0.144 e. The lowest BCUT2D eigenvalue weighted by Crippen LogP contribution is -2.32. The Labute approximate surface area is 80.4 Å². The zero-order chi connectivity index (χ0) is 9.84. The molecule has 0 radical (unpaired) electrons. The second kappa shape index (κ2) is 4.54. The van der Waals surface area contributed by atoms with E-state index in [1.807, 2.05) is 13.8 Å². The Bertz CT molecular complexity index is 220. The predicted octanol–water partition coefficient (Wildman–Crippen LogP) is 2.47. The van der Waals surface area contributed by atoms with Crippen molar-refractivity contribution in [2.45, 2.75) is 40.0 Å². The molecule has 0 N–H and O–H groups in total. The number of hydrogen-bond acceptors (Lipinski definition) is 2. The molecule has 2 nitrogen and oxygen atoms in total. The van der Waals surface area contributed by atoms with Gasteiger partial charge in [0.05, 0.1) is 5.92 Å². The van der Waals surface area contributed by atoms with E-state index in [4.69, 9.17) is 0 Å². The van der Waals surface area contributed by atoms with Gasteiger partial charge in [0.2, 0.25) is 0 Å². The van der Waals surface area contributed by atoms with Crippen molar-refractivity contribution >= 4 is 11.5 Å². The Morgan fingerprint density at radius 1 is 1.46 bits per heavy atom. The van der Waals surface area contributed by atoms with Crippen molar-refractivity contribution < 1.29 is 4.79 Å². The van der Waals surface area contributed by atoms with E-state index in [1.165, 1.54) is 0 Å². The van der Waals surface area contributed by atoms with Crippen LogP contribution in [0, 0.1) is 11.8 Å². The number of ketones is 1. The molecule has 0 saturated heterocycles. The van der Waals surface area contributed by atoms with E-state index in [-0.39, 0.29) is 11.8 Å². The second-order valence-corrected chi connectivity index (χ2v) is 3.94. The fourth-order valence-electron chi connectivity index (χ4n) is 1.79. The van der Waals surface area contributed by atoms with Gasteiger partial charge in [0, 0.05) is 18.2 Å². The van der Waals surface area contributed by atoms with E-state index in [9.17, 15) is 4.79 Å². The van der Waals surface area contributed by atoms with Crippen LogP contribution in [0.25, 0.3) is 0 Å².